The Hall–Kier alpha value is -3.06. The number of thiophene rings is 1. The van der Waals surface area contributed by atoms with E-state index in [-0.39, 0.29) is 11.3 Å². The highest BCUT2D eigenvalue weighted by Gasteiger charge is 2.12. The van der Waals surface area contributed by atoms with Gasteiger partial charge in [0, 0.05) is 23.4 Å². The van der Waals surface area contributed by atoms with Crippen LogP contribution >= 0.6 is 11.3 Å². The first-order valence-electron chi connectivity index (χ1n) is 10.6. The van der Waals surface area contributed by atoms with Gasteiger partial charge in [0.1, 0.15) is 5.78 Å². The van der Waals surface area contributed by atoms with E-state index >= 15 is 0 Å². The summed E-state index contributed by atoms with van der Waals surface area (Å²) in [4.78, 5) is 14.3. The number of rotatable bonds is 9. The summed E-state index contributed by atoms with van der Waals surface area (Å²) < 4.78 is 16.1. The molecule has 0 fully saturated rings. The van der Waals surface area contributed by atoms with E-state index < -0.39 is 11.0 Å². The Kier molecular flexibility index (Phi) is 8.72. The van der Waals surface area contributed by atoms with Gasteiger partial charge in [-0.15, -0.1) is 11.3 Å². The van der Waals surface area contributed by atoms with Crippen LogP contribution in [-0.2, 0) is 28.6 Å². The van der Waals surface area contributed by atoms with Crippen molar-refractivity contribution in [3.05, 3.63) is 106 Å². The number of carbonyl (C=O) groups excluding carboxylic acids is 1. The number of Topliss-reactive ketones (excluding diaryl/α,β-unsaturated/α-hetero) is 1. The molecular formula is C27H27NO3S2. The van der Waals surface area contributed by atoms with Gasteiger partial charge in [0.05, 0.1) is 4.90 Å². The van der Waals surface area contributed by atoms with Gasteiger partial charge in [-0.3, -0.25) is 4.79 Å². The van der Waals surface area contributed by atoms with Crippen molar-refractivity contribution in [3.63, 3.8) is 0 Å². The molecule has 4 nitrogen and oxygen atoms in total. The fraction of sp³-hybridized carbons (Fsp3) is 0.148. The fourth-order valence-corrected chi connectivity index (χ4v) is 5.46. The van der Waals surface area contributed by atoms with Gasteiger partial charge in [0.15, 0.2) is 11.0 Å². The topological polar surface area (TPSA) is 77.7 Å². The predicted molar refractivity (Wildman–Crippen MR) is 138 cm³/mol. The van der Waals surface area contributed by atoms with Crippen LogP contribution in [0.2, 0.25) is 0 Å². The molecule has 6 heteroatoms. The molecule has 1 unspecified atom stereocenters. The largest absolute Gasteiger partial charge is 0.412 e. The molecule has 0 saturated heterocycles. The Bertz CT molecular complexity index is 1220. The molecule has 0 aliphatic rings. The second-order valence-corrected chi connectivity index (χ2v) is 9.91. The van der Waals surface area contributed by atoms with Crippen LogP contribution in [-0.4, -0.2) is 15.5 Å². The van der Waals surface area contributed by atoms with Crippen LogP contribution in [0.5, 0.6) is 0 Å². The molecule has 3 aromatic carbocycles. The van der Waals surface area contributed by atoms with Crippen molar-refractivity contribution < 1.29 is 14.5 Å². The summed E-state index contributed by atoms with van der Waals surface area (Å²) in [6.07, 6.45) is 1.78. The normalized spacial score (nSPS) is 11.4. The minimum atomic E-state index is -1.40. The summed E-state index contributed by atoms with van der Waals surface area (Å²) in [6.45, 7) is 2.07. The molecule has 0 aliphatic carbocycles. The summed E-state index contributed by atoms with van der Waals surface area (Å²) in [5.41, 5.74) is 4.96. The third-order valence-corrected chi connectivity index (χ3v) is 7.46. The van der Waals surface area contributed by atoms with Crippen molar-refractivity contribution in [1.82, 2.24) is 0 Å². The average molecular weight is 478 g/mol. The maximum atomic E-state index is 13.0. The van der Waals surface area contributed by atoms with Crippen molar-refractivity contribution in [2.45, 2.75) is 31.1 Å². The second-order valence-electron chi connectivity index (χ2n) is 7.74. The van der Waals surface area contributed by atoms with Gasteiger partial charge >= 0.3 is 0 Å². The Morgan fingerprint density at radius 3 is 2.33 bits per heavy atom. The molecule has 0 saturated carbocycles. The molecule has 1 heterocycles. The molecule has 3 N–H and O–H groups in total. The third-order valence-electron chi connectivity index (χ3n) is 5.17. The van der Waals surface area contributed by atoms with E-state index in [1.54, 1.807) is 11.3 Å². The van der Waals surface area contributed by atoms with Crippen LogP contribution in [0.1, 0.15) is 22.4 Å². The molecule has 33 heavy (non-hydrogen) atoms. The number of ketones is 1. The maximum absolute atomic E-state index is 13.0. The van der Waals surface area contributed by atoms with E-state index in [1.807, 2.05) is 78.9 Å². The summed E-state index contributed by atoms with van der Waals surface area (Å²) in [7, 11) is -1.40. The molecule has 0 amide bonds. The Balaban J connectivity index is 0.00000306. The molecule has 0 spiro atoms. The number of hydrogen-bond donors (Lipinski definition) is 1. The van der Waals surface area contributed by atoms with Crippen LogP contribution in [0.4, 0.5) is 5.69 Å². The van der Waals surface area contributed by atoms with Gasteiger partial charge in [0.25, 0.3) is 0 Å². The average Bonchev–Trinajstić information content (AvgIpc) is 3.24. The number of hydrogen-bond acceptors (Lipinski definition) is 3. The van der Waals surface area contributed by atoms with Crippen LogP contribution < -0.4 is 4.72 Å². The lowest BCUT2D eigenvalue weighted by molar-refractivity contribution is -0.118. The summed E-state index contributed by atoms with van der Waals surface area (Å²) >= 11 is 1.71. The molecule has 1 atom stereocenters. The zero-order chi connectivity index (χ0) is 22.3. The number of benzene rings is 3. The van der Waals surface area contributed by atoms with E-state index in [0.29, 0.717) is 12.8 Å². The lowest BCUT2D eigenvalue weighted by Gasteiger charge is -2.11. The van der Waals surface area contributed by atoms with Gasteiger partial charge in [-0.2, -0.15) is 0 Å². The van der Waals surface area contributed by atoms with Crippen molar-refractivity contribution in [2.75, 3.05) is 4.72 Å². The van der Waals surface area contributed by atoms with E-state index in [9.17, 15) is 9.00 Å². The van der Waals surface area contributed by atoms with E-state index in [0.717, 1.165) is 33.7 Å². The number of nitrogens with one attached hydrogen (secondary N) is 1. The lowest BCUT2D eigenvalue weighted by atomic mass is 10.0. The number of aryl methyl sites for hydroxylation is 2. The third kappa shape index (κ3) is 6.71. The van der Waals surface area contributed by atoms with Crippen molar-refractivity contribution in [2.24, 2.45) is 0 Å². The highest BCUT2D eigenvalue weighted by Crippen LogP contribution is 2.27. The minimum Gasteiger partial charge on any atom is -0.412 e. The summed E-state index contributed by atoms with van der Waals surface area (Å²) in [5.74, 6) is 0.233. The van der Waals surface area contributed by atoms with Crippen LogP contribution in [0, 0.1) is 6.92 Å². The summed E-state index contributed by atoms with van der Waals surface area (Å²) in [6, 6.07) is 27.4. The zero-order valence-corrected chi connectivity index (χ0v) is 20.0. The van der Waals surface area contributed by atoms with Crippen LogP contribution in [0.15, 0.2) is 95.2 Å². The smallest absolute Gasteiger partial charge is 0.150 e. The molecule has 4 rings (SSSR count). The van der Waals surface area contributed by atoms with Gasteiger partial charge in [-0.1, -0.05) is 60.7 Å². The van der Waals surface area contributed by atoms with Crippen LogP contribution in [0.3, 0.4) is 0 Å². The standard InChI is InChI=1S/C27H25NO2S2.H2O/c1-20-17-25(31-19-20)16-15-24(29)18-21-11-13-23(14-12-21)28-32(30)27-10-6-5-9-26(27)22-7-3-2-4-8-22;/h2-14,17,19,28H,15-16,18H2,1H3;1H2. The van der Waals surface area contributed by atoms with E-state index in [1.165, 1.54) is 10.4 Å². The van der Waals surface area contributed by atoms with Gasteiger partial charge in [-0.05, 0) is 65.2 Å². The quantitative estimate of drug-likeness (QED) is 0.332. The first-order chi connectivity index (χ1) is 15.6. The molecule has 0 radical (unpaired) electrons. The van der Waals surface area contributed by atoms with Gasteiger partial charge in [-0.25, -0.2) is 4.21 Å². The lowest BCUT2D eigenvalue weighted by Crippen LogP contribution is -2.07. The first kappa shape index (κ1) is 24.6. The molecule has 1 aromatic heterocycles. The Labute approximate surface area is 201 Å². The van der Waals surface area contributed by atoms with Gasteiger partial charge < -0.3 is 10.2 Å². The highest BCUT2D eigenvalue weighted by atomic mass is 32.2. The van der Waals surface area contributed by atoms with Crippen molar-refractivity contribution >= 4 is 33.8 Å². The molecule has 0 aliphatic heterocycles. The monoisotopic (exact) mass is 477 g/mol. The predicted octanol–water partition coefficient (Wildman–Crippen LogP) is 5.78. The van der Waals surface area contributed by atoms with Crippen LogP contribution in [0.25, 0.3) is 11.1 Å². The highest BCUT2D eigenvalue weighted by molar-refractivity contribution is 7.86. The minimum absolute atomic E-state index is 0. The van der Waals surface area contributed by atoms with Crippen molar-refractivity contribution in [1.29, 1.82) is 0 Å². The maximum Gasteiger partial charge on any atom is 0.150 e. The number of anilines is 1. The number of carbonyl (C=O) groups is 1. The Morgan fingerprint density at radius 1 is 0.939 bits per heavy atom. The molecule has 0 bridgehead atoms. The SMILES string of the molecule is Cc1csc(CCC(=O)Cc2ccc(NS(=O)c3ccccc3-c3ccccc3)cc2)c1.O. The second kappa shape index (κ2) is 11.7. The summed E-state index contributed by atoms with van der Waals surface area (Å²) in [5, 5.41) is 2.12. The van der Waals surface area contributed by atoms with E-state index in [4.69, 9.17) is 0 Å². The molecule has 170 valence electrons. The zero-order valence-electron chi connectivity index (χ0n) is 18.4. The molecular weight excluding hydrogens is 450 g/mol. The van der Waals surface area contributed by atoms with Crippen molar-refractivity contribution in [3.8, 4) is 11.1 Å². The first-order valence-corrected chi connectivity index (χ1v) is 12.6. The fourth-order valence-electron chi connectivity index (χ4n) is 3.54. The van der Waals surface area contributed by atoms with E-state index in [2.05, 4.69) is 23.1 Å². The van der Waals surface area contributed by atoms with Gasteiger partial charge in [0.2, 0.25) is 0 Å². The Morgan fingerprint density at radius 2 is 1.64 bits per heavy atom. The molecule has 4 aromatic rings.